The topological polar surface area (TPSA) is 73.9 Å². The quantitative estimate of drug-likeness (QED) is 0.220. The lowest BCUT2D eigenvalue weighted by Crippen LogP contribution is -3.00. The van der Waals surface area contributed by atoms with Crippen molar-refractivity contribution >= 4 is 44.1 Å². The lowest BCUT2D eigenvalue weighted by atomic mass is 9.95. The molecule has 4 heterocycles. The van der Waals surface area contributed by atoms with E-state index in [0.717, 1.165) is 61.1 Å². The summed E-state index contributed by atoms with van der Waals surface area (Å²) in [6.45, 7) is 1.26. The maximum Gasteiger partial charge on any atom is 0.231 e. The Morgan fingerprint density at radius 3 is 2.82 bits per heavy atom. The Kier molecular flexibility index (Phi) is 7.28. The number of ether oxygens (including phenoxy) is 4. The fourth-order valence-electron chi connectivity index (χ4n) is 5.01. The van der Waals surface area contributed by atoms with Crippen LogP contribution in [0.2, 0.25) is 0 Å². The molecular formula is C29H25BrN2O5S2. The van der Waals surface area contributed by atoms with Crippen molar-refractivity contribution in [1.29, 1.82) is 0 Å². The monoisotopic (exact) mass is 624 g/mol. The summed E-state index contributed by atoms with van der Waals surface area (Å²) in [7, 11) is 1.64. The van der Waals surface area contributed by atoms with Gasteiger partial charge in [0.2, 0.25) is 12.5 Å². The van der Waals surface area contributed by atoms with E-state index in [4.69, 9.17) is 18.9 Å². The Bertz CT molecular complexity index is 1660. The number of rotatable bonds is 7. The van der Waals surface area contributed by atoms with E-state index in [2.05, 4.69) is 40.0 Å². The van der Waals surface area contributed by atoms with Gasteiger partial charge in [0.1, 0.15) is 6.61 Å². The predicted octanol–water partition coefficient (Wildman–Crippen LogP) is 2.23. The normalized spacial score (nSPS) is 14.0. The van der Waals surface area contributed by atoms with Gasteiger partial charge in [-0.3, -0.25) is 0 Å². The molecule has 0 saturated carbocycles. The number of nitrogens with zero attached hydrogens (tertiary/aromatic N) is 2. The maximum atomic E-state index is 10.7. The summed E-state index contributed by atoms with van der Waals surface area (Å²) in [6.07, 6.45) is 2.36. The first kappa shape index (κ1) is 26.2. The third kappa shape index (κ3) is 4.91. The Morgan fingerprint density at radius 2 is 1.97 bits per heavy atom. The van der Waals surface area contributed by atoms with Gasteiger partial charge in [0.15, 0.2) is 40.1 Å². The van der Waals surface area contributed by atoms with E-state index >= 15 is 0 Å². The largest absolute Gasteiger partial charge is 1.00 e. The second kappa shape index (κ2) is 10.8. The SMILES string of the molecule is COc1ccc2cc3[n+](cc2c1OCC(O)CSc1nc2ccccc2s1)CCc1cc2c(cc1-3)OCO2.[Br-]. The summed E-state index contributed by atoms with van der Waals surface area (Å²) in [4.78, 5) is 4.64. The summed E-state index contributed by atoms with van der Waals surface area (Å²) >= 11 is 3.19. The minimum atomic E-state index is -0.659. The number of hydrogen-bond acceptors (Lipinski definition) is 8. The second-order valence-electron chi connectivity index (χ2n) is 9.29. The van der Waals surface area contributed by atoms with Gasteiger partial charge in [-0.1, -0.05) is 23.9 Å². The van der Waals surface area contributed by atoms with Gasteiger partial charge >= 0.3 is 0 Å². The van der Waals surface area contributed by atoms with Crippen LogP contribution in [-0.4, -0.2) is 42.5 Å². The van der Waals surface area contributed by atoms with Crippen molar-refractivity contribution in [3.8, 4) is 34.3 Å². The third-order valence-corrected chi connectivity index (χ3v) is 9.21. The Balaban J connectivity index is 0.00000277. The molecule has 7 nitrogen and oxygen atoms in total. The number of aryl methyl sites for hydroxylation is 2. The van der Waals surface area contributed by atoms with Crippen LogP contribution < -0.4 is 40.5 Å². The highest BCUT2D eigenvalue weighted by Crippen LogP contribution is 2.42. The van der Waals surface area contributed by atoms with E-state index in [0.29, 0.717) is 17.3 Å². The highest BCUT2D eigenvalue weighted by Gasteiger charge is 2.28. The summed E-state index contributed by atoms with van der Waals surface area (Å²) < 4.78 is 27.4. The minimum absolute atomic E-state index is 0. The average Bonchev–Trinajstić information content (AvgIpc) is 3.58. The molecule has 5 aromatic rings. The first-order chi connectivity index (χ1) is 18.7. The van der Waals surface area contributed by atoms with Gasteiger partial charge in [-0.25, -0.2) is 4.98 Å². The molecule has 0 amide bonds. The number of aromatic nitrogens is 2. The molecule has 3 aromatic carbocycles. The molecule has 0 spiro atoms. The number of thioether (sulfide) groups is 1. The Labute approximate surface area is 244 Å². The number of aliphatic hydroxyl groups is 1. The van der Waals surface area contributed by atoms with Crippen LogP contribution in [0, 0.1) is 0 Å². The Morgan fingerprint density at radius 1 is 1.13 bits per heavy atom. The highest BCUT2D eigenvalue weighted by atomic mass is 79.9. The molecule has 39 heavy (non-hydrogen) atoms. The Hall–Kier alpha value is -3.05. The van der Waals surface area contributed by atoms with Crippen LogP contribution >= 0.6 is 23.1 Å². The molecule has 0 fully saturated rings. The molecule has 1 atom stereocenters. The first-order valence-corrected chi connectivity index (χ1v) is 14.2. The number of hydrogen-bond donors (Lipinski definition) is 1. The van der Waals surface area contributed by atoms with Crippen LogP contribution in [-0.2, 0) is 13.0 Å². The predicted molar refractivity (Wildman–Crippen MR) is 148 cm³/mol. The van der Waals surface area contributed by atoms with Crippen molar-refractivity contribution in [2.24, 2.45) is 0 Å². The van der Waals surface area contributed by atoms with Crippen molar-refractivity contribution in [3.05, 3.63) is 66.4 Å². The van der Waals surface area contributed by atoms with Crippen LogP contribution in [0.25, 0.3) is 32.2 Å². The van der Waals surface area contributed by atoms with Crippen molar-refractivity contribution in [2.45, 2.75) is 23.4 Å². The van der Waals surface area contributed by atoms with E-state index < -0.39 is 6.10 Å². The molecule has 2 aromatic heterocycles. The number of aliphatic hydroxyl groups excluding tert-OH is 1. The molecule has 7 rings (SSSR count). The fraction of sp³-hybridized carbons (Fsp3) is 0.241. The molecule has 2 aliphatic rings. The van der Waals surface area contributed by atoms with E-state index in [1.807, 2.05) is 30.3 Å². The number of halogens is 1. The molecular weight excluding hydrogens is 600 g/mol. The first-order valence-electron chi connectivity index (χ1n) is 12.4. The number of benzene rings is 3. The van der Waals surface area contributed by atoms with Gasteiger partial charge in [0.25, 0.3) is 0 Å². The van der Waals surface area contributed by atoms with E-state index in [1.54, 1.807) is 30.2 Å². The third-order valence-electron chi connectivity index (χ3n) is 6.89. The molecule has 10 heteroatoms. The van der Waals surface area contributed by atoms with E-state index in [-0.39, 0.29) is 30.4 Å². The van der Waals surface area contributed by atoms with Gasteiger partial charge in [0.05, 0.1) is 34.4 Å². The minimum Gasteiger partial charge on any atom is -1.00 e. The van der Waals surface area contributed by atoms with Crippen LogP contribution in [0.1, 0.15) is 5.56 Å². The van der Waals surface area contributed by atoms with Crippen LogP contribution in [0.4, 0.5) is 0 Å². The van der Waals surface area contributed by atoms with Crippen LogP contribution in [0.3, 0.4) is 0 Å². The molecule has 200 valence electrons. The standard InChI is InChI=1S/C29H25N2O5S2.BrH/c1-33-24-7-6-17-10-23-20-12-26-25(35-16-36-26)11-18(20)8-9-31(23)13-21(17)28(24)34-14-19(32)15-37-29-30-22-4-2-3-5-27(22)38-29;/h2-7,10-13,19,32H,8-9,14-16H2,1H3;1H/q+1;/p-1. The lowest BCUT2D eigenvalue weighted by molar-refractivity contribution is -0.686. The zero-order valence-corrected chi connectivity index (χ0v) is 24.3. The van der Waals surface area contributed by atoms with Gasteiger partial charge in [-0.05, 0) is 47.3 Å². The molecule has 1 N–H and O–H groups in total. The molecule has 2 aliphatic heterocycles. The maximum absolute atomic E-state index is 10.7. The molecule has 0 bridgehead atoms. The summed E-state index contributed by atoms with van der Waals surface area (Å²) in [5.41, 5.74) is 4.52. The van der Waals surface area contributed by atoms with Crippen molar-refractivity contribution < 1.29 is 45.6 Å². The fourth-order valence-corrected chi connectivity index (χ4v) is 7.01. The van der Waals surface area contributed by atoms with Gasteiger partial charge in [-0.2, -0.15) is 4.57 Å². The number of thiazole rings is 1. The van der Waals surface area contributed by atoms with Crippen LogP contribution in [0.5, 0.6) is 23.0 Å². The van der Waals surface area contributed by atoms with Crippen molar-refractivity contribution in [1.82, 2.24) is 4.98 Å². The van der Waals surface area contributed by atoms with Gasteiger partial charge < -0.3 is 41.0 Å². The number of methoxy groups -OCH3 is 1. The zero-order chi connectivity index (χ0) is 25.6. The van der Waals surface area contributed by atoms with Crippen LogP contribution in [0.15, 0.2) is 65.1 Å². The average molecular weight is 626 g/mol. The van der Waals surface area contributed by atoms with Crippen molar-refractivity contribution in [2.75, 3.05) is 26.3 Å². The van der Waals surface area contributed by atoms with E-state index in [9.17, 15) is 5.11 Å². The molecule has 0 radical (unpaired) electrons. The lowest BCUT2D eigenvalue weighted by Gasteiger charge is -2.18. The summed E-state index contributed by atoms with van der Waals surface area (Å²) in [5, 5.41) is 12.7. The number of pyridine rings is 1. The second-order valence-corrected chi connectivity index (χ2v) is 11.6. The van der Waals surface area contributed by atoms with Gasteiger partial charge in [-0.15, -0.1) is 11.3 Å². The molecule has 0 aliphatic carbocycles. The number of para-hydroxylation sites is 1. The van der Waals surface area contributed by atoms with E-state index in [1.165, 1.54) is 5.56 Å². The summed E-state index contributed by atoms with van der Waals surface area (Å²) in [6, 6.07) is 18.4. The van der Waals surface area contributed by atoms with Gasteiger partial charge in [0, 0.05) is 18.2 Å². The zero-order valence-electron chi connectivity index (χ0n) is 21.1. The van der Waals surface area contributed by atoms with Crippen molar-refractivity contribution in [3.63, 3.8) is 0 Å². The highest BCUT2D eigenvalue weighted by molar-refractivity contribution is 8.01. The summed E-state index contributed by atoms with van der Waals surface area (Å²) in [5.74, 6) is 3.38. The molecule has 1 unspecified atom stereocenters. The smallest absolute Gasteiger partial charge is 0.231 e. The number of fused-ring (bicyclic) bond motifs is 6. The molecule has 0 saturated heterocycles.